The summed E-state index contributed by atoms with van der Waals surface area (Å²) in [5.41, 5.74) is 0. The standard InChI is InChI=1S/C12H13ClN2OS/c1-16-10-3-2-7-14-12(10)15-8-6-9-4-5-11(13)17-9/h2-5,7H,6,8H2,1H3,(H,14,15). The molecule has 90 valence electrons. The van der Waals surface area contributed by atoms with Gasteiger partial charge in [0.25, 0.3) is 0 Å². The predicted molar refractivity (Wildman–Crippen MR) is 72.3 cm³/mol. The van der Waals surface area contributed by atoms with Crippen molar-refractivity contribution in [1.29, 1.82) is 0 Å². The Morgan fingerprint density at radius 2 is 2.29 bits per heavy atom. The molecule has 2 aromatic rings. The summed E-state index contributed by atoms with van der Waals surface area (Å²) >= 11 is 7.48. The van der Waals surface area contributed by atoms with Crippen molar-refractivity contribution in [3.63, 3.8) is 0 Å². The van der Waals surface area contributed by atoms with E-state index >= 15 is 0 Å². The summed E-state index contributed by atoms with van der Waals surface area (Å²) in [5, 5.41) is 3.25. The number of halogens is 1. The molecule has 2 heterocycles. The fourth-order valence-corrected chi connectivity index (χ4v) is 2.57. The van der Waals surface area contributed by atoms with Crippen LogP contribution < -0.4 is 10.1 Å². The zero-order valence-electron chi connectivity index (χ0n) is 9.44. The number of thiophene rings is 1. The van der Waals surface area contributed by atoms with Gasteiger partial charge in [0.1, 0.15) is 0 Å². The number of rotatable bonds is 5. The number of nitrogens with one attached hydrogen (secondary N) is 1. The molecule has 0 spiro atoms. The molecule has 0 unspecified atom stereocenters. The summed E-state index contributed by atoms with van der Waals surface area (Å²) in [6.07, 6.45) is 2.67. The molecule has 0 aliphatic carbocycles. The average Bonchev–Trinajstić information content (AvgIpc) is 2.76. The number of hydrogen-bond donors (Lipinski definition) is 1. The van der Waals surface area contributed by atoms with Crippen molar-refractivity contribution >= 4 is 28.8 Å². The molecule has 0 saturated carbocycles. The Morgan fingerprint density at radius 1 is 1.41 bits per heavy atom. The molecule has 0 radical (unpaired) electrons. The lowest BCUT2D eigenvalue weighted by molar-refractivity contribution is 0.415. The maximum atomic E-state index is 5.87. The largest absolute Gasteiger partial charge is 0.493 e. The summed E-state index contributed by atoms with van der Waals surface area (Å²) in [4.78, 5) is 5.49. The lowest BCUT2D eigenvalue weighted by atomic mass is 10.3. The van der Waals surface area contributed by atoms with E-state index in [9.17, 15) is 0 Å². The van der Waals surface area contributed by atoms with Gasteiger partial charge in [-0.15, -0.1) is 11.3 Å². The highest BCUT2D eigenvalue weighted by Crippen LogP contribution is 2.23. The van der Waals surface area contributed by atoms with E-state index in [1.54, 1.807) is 24.6 Å². The van der Waals surface area contributed by atoms with Crippen molar-refractivity contribution in [2.45, 2.75) is 6.42 Å². The van der Waals surface area contributed by atoms with E-state index in [0.29, 0.717) is 0 Å². The molecule has 0 aromatic carbocycles. The number of methoxy groups -OCH3 is 1. The van der Waals surface area contributed by atoms with Crippen molar-refractivity contribution in [3.8, 4) is 5.75 Å². The third kappa shape index (κ3) is 3.35. The monoisotopic (exact) mass is 268 g/mol. The molecule has 5 heteroatoms. The van der Waals surface area contributed by atoms with Gasteiger partial charge < -0.3 is 10.1 Å². The highest BCUT2D eigenvalue weighted by atomic mass is 35.5. The van der Waals surface area contributed by atoms with Gasteiger partial charge in [-0.2, -0.15) is 0 Å². The van der Waals surface area contributed by atoms with Gasteiger partial charge in [-0.05, 0) is 30.7 Å². The van der Waals surface area contributed by atoms with Crippen LogP contribution in [0.4, 0.5) is 5.82 Å². The predicted octanol–water partition coefficient (Wildman–Crippen LogP) is 3.46. The lowest BCUT2D eigenvalue weighted by Crippen LogP contribution is -2.06. The van der Waals surface area contributed by atoms with Gasteiger partial charge in [-0.1, -0.05) is 11.6 Å². The quantitative estimate of drug-likeness (QED) is 0.902. The third-order valence-corrected chi connectivity index (χ3v) is 3.57. The van der Waals surface area contributed by atoms with Crippen LogP contribution in [-0.2, 0) is 6.42 Å². The molecule has 0 amide bonds. The maximum Gasteiger partial charge on any atom is 0.168 e. The second kappa shape index (κ2) is 5.89. The van der Waals surface area contributed by atoms with Crippen molar-refractivity contribution < 1.29 is 4.74 Å². The Morgan fingerprint density at radius 3 is 3.00 bits per heavy atom. The molecule has 0 atom stereocenters. The topological polar surface area (TPSA) is 34.1 Å². The zero-order chi connectivity index (χ0) is 12.1. The number of ether oxygens (including phenoxy) is 1. The van der Waals surface area contributed by atoms with Gasteiger partial charge in [0.2, 0.25) is 0 Å². The molecule has 0 aliphatic rings. The molecule has 0 aliphatic heterocycles. The van der Waals surface area contributed by atoms with Crippen LogP contribution in [0.2, 0.25) is 4.34 Å². The normalized spacial score (nSPS) is 10.2. The molecule has 3 nitrogen and oxygen atoms in total. The fraction of sp³-hybridized carbons (Fsp3) is 0.250. The number of nitrogens with zero attached hydrogens (tertiary/aromatic N) is 1. The van der Waals surface area contributed by atoms with E-state index in [4.69, 9.17) is 16.3 Å². The first kappa shape index (κ1) is 12.2. The van der Waals surface area contributed by atoms with E-state index in [1.165, 1.54) is 4.88 Å². The highest BCUT2D eigenvalue weighted by Gasteiger charge is 2.03. The average molecular weight is 269 g/mol. The molecule has 17 heavy (non-hydrogen) atoms. The summed E-state index contributed by atoms with van der Waals surface area (Å²) < 4.78 is 6.04. The van der Waals surface area contributed by atoms with Gasteiger partial charge in [-0.25, -0.2) is 4.98 Å². The van der Waals surface area contributed by atoms with Gasteiger partial charge in [-0.3, -0.25) is 0 Å². The number of aromatic nitrogens is 1. The van der Waals surface area contributed by atoms with Crippen molar-refractivity contribution in [3.05, 3.63) is 39.7 Å². The lowest BCUT2D eigenvalue weighted by Gasteiger charge is -2.08. The molecular weight excluding hydrogens is 256 g/mol. The smallest absolute Gasteiger partial charge is 0.168 e. The Balaban J connectivity index is 1.89. The minimum absolute atomic E-state index is 0.761. The Bertz CT molecular complexity index is 487. The van der Waals surface area contributed by atoms with Gasteiger partial charge in [0, 0.05) is 17.6 Å². The minimum atomic E-state index is 0.761. The Hall–Kier alpha value is -1.26. The van der Waals surface area contributed by atoms with E-state index in [-0.39, 0.29) is 0 Å². The molecule has 0 bridgehead atoms. The molecule has 0 fully saturated rings. The SMILES string of the molecule is COc1cccnc1NCCc1ccc(Cl)s1. The van der Waals surface area contributed by atoms with Crippen molar-refractivity contribution in [2.75, 3.05) is 19.0 Å². The molecular formula is C12H13ClN2OS. The number of pyridine rings is 1. The van der Waals surface area contributed by atoms with Crippen LogP contribution >= 0.6 is 22.9 Å². The first-order valence-electron chi connectivity index (χ1n) is 5.26. The minimum Gasteiger partial charge on any atom is -0.493 e. The van der Waals surface area contributed by atoms with E-state index < -0.39 is 0 Å². The van der Waals surface area contributed by atoms with E-state index in [2.05, 4.69) is 10.3 Å². The second-order valence-electron chi connectivity index (χ2n) is 3.44. The van der Waals surface area contributed by atoms with Crippen LogP contribution in [0, 0.1) is 0 Å². The van der Waals surface area contributed by atoms with Crippen LogP contribution in [-0.4, -0.2) is 18.6 Å². The number of hydrogen-bond acceptors (Lipinski definition) is 4. The second-order valence-corrected chi connectivity index (χ2v) is 5.24. The molecule has 1 N–H and O–H groups in total. The molecule has 2 rings (SSSR count). The van der Waals surface area contributed by atoms with Gasteiger partial charge in [0.15, 0.2) is 11.6 Å². The summed E-state index contributed by atoms with van der Waals surface area (Å²) in [7, 11) is 1.64. The Labute approximate surface area is 109 Å². The molecule has 2 aromatic heterocycles. The van der Waals surface area contributed by atoms with Crippen LogP contribution in [0.15, 0.2) is 30.5 Å². The van der Waals surface area contributed by atoms with E-state index in [1.807, 2.05) is 24.3 Å². The first-order valence-corrected chi connectivity index (χ1v) is 6.46. The Kier molecular flexibility index (Phi) is 4.23. The van der Waals surface area contributed by atoms with Crippen LogP contribution in [0.1, 0.15) is 4.88 Å². The van der Waals surface area contributed by atoms with Crippen LogP contribution in [0.5, 0.6) is 5.75 Å². The number of anilines is 1. The van der Waals surface area contributed by atoms with Crippen molar-refractivity contribution in [1.82, 2.24) is 4.98 Å². The van der Waals surface area contributed by atoms with Crippen LogP contribution in [0.3, 0.4) is 0 Å². The van der Waals surface area contributed by atoms with E-state index in [0.717, 1.165) is 28.9 Å². The highest BCUT2D eigenvalue weighted by molar-refractivity contribution is 7.16. The zero-order valence-corrected chi connectivity index (χ0v) is 11.0. The molecule has 0 saturated heterocycles. The first-order chi connectivity index (χ1) is 8.29. The summed E-state index contributed by atoms with van der Waals surface area (Å²) in [6.45, 7) is 0.810. The van der Waals surface area contributed by atoms with Crippen LogP contribution in [0.25, 0.3) is 0 Å². The summed E-state index contributed by atoms with van der Waals surface area (Å²) in [5.74, 6) is 1.54. The van der Waals surface area contributed by atoms with Crippen molar-refractivity contribution in [2.24, 2.45) is 0 Å². The van der Waals surface area contributed by atoms with Gasteiger partial charge in [0.05, 0.1) is 11.4 Å². The summed E-state index contributed by atoms with van der Waals surface area (Å²) in [6, 6.07) is 7.70. The third-order valence-electron chi connectivity index (χ3n) is 2.28. The maximum absolute atomic E-state index is 5.87. The van der Waals surface area contributed by atoms with Gasteiger partial charge >= 0.3 is 0 Å². The fourth-order valence-electron chi connectivity index (χ4n) is 1.48.